The minimum Gasteiger partial charge on any atom is -0.256 e. The van der Waals surface area contributed by atoms with Crippen molar-refractivity contribution in [2.45, 2.75) is 51.4 Å². The van der Waals surface area contributed by atoms with Gasteiger partial charge in [-0.25, -0.2) is 4.39 Å². The minimum atomic E-state index is -0.399. The Labute approximate surface area is 142 Å². The average Bonchev–Trinajstić information content (AvgIpc) is 2.59. The predicted octanol–water partition coefficient (Wildman–Crippen LogP) is 6.62. The molecule has 1 fully saturated rings. The fourth-order valence-electron chi connectivity index (χ4n) is 3.67. The van der Waals surface area contributed by atoms with Crippen LogP contribution in [0.25, 0.3) is 11.3 Å². The molecule has 122 valence electrons. The van der Waals surface area contributed by atoms with Crippen LogP contribution in [0.4, 0.5) is 4.39 Å². The first-order valence-electron chi connectivity index (χ1n) is 8.58. The largest absolute Gasteiger partial charge is 0.256 e. The van der Waals surface area contributed by atoms with E-state index in [2.05, 4.69) is 18.0 Å². The number of nitrogens with zero attached hydrogens (tertiary/aromatic N) is 1. The van der Waals surface area contributed by atoms with Crippen molar-refractivity contribution in [3.05, 3.63) is 52.9 Å². The smallest absolute Gasteiger partial charge is 0.142 e. The summed E-state index contributed by atoms with van der Waals surface area (Å²) in [4.78, 5) is 4.54. The van der Waals surface area contributed by atoms with Gasteiger partial charge in [-0.2, -0.15) is 0 Å². The van der Waals surface area contributed by atoms with Gasteiger partial charge in [0, 0.05) is 11.8 Å². The zero-order valence-corrected chi connectivity index (χ0v) is 14.3. The molecule has 0 saturated heterocycles. The maximum atomic E-state index is 13.6. The highest BCUT2D eigenvalue weighted by Gasteiger charge is 2.22. The number of halogens is 2. The Hall–Kier alpha value is -1.41. The molecule has 0 bridgehead atoms. The van der Waals surface area contributed by atoms with Gasteiger partial charge in [0.1, 0.15) is 5.82 Å². The van der Waals surface area contributed by atoms with Crippen LogP contribution in [0.1, 0.15) is 56.9 Å². The van der Waals surface area contributed by atoms with Crippen LogP contribution in [0.2, 0.25) is 5.02 Å². The molecule has 0 spiro atoms. The van der Waals surface area contributed by atoms with E-state index in [-0.39, 0.29) is 5.02 Å². The van der Waals surface area contributed by atoms with Crippen molar-refractivity contribution in [1.29, 1.82) is 0 Å². The van der Waals surface area contributed by atoms with E-state index in [1.807, 2.05) is 18.3 Å². The average molecular weight is 332 g/mol. The highest BCUT2D eigenvalue weighted by atomic mass is 35.5. The lowest BCUT2D eigenvalue weighted by Crippen LogP contribution is -2.13. The minimum absolute atomic E-state index is 0.147. The number of pyridine rings is 1. The van der Waals surface area contributed by atoms with Gasteiger partial charge in [0.25, 0.3) is 0 Å². The number of hydrogen-bond donors (Lipinski definition) is 0. The van der Waals surface area contributed by atoms with E-state index >= 15 is 0 Å². The van der Waals surface area contributed by atoms with E-state index in [4.69, 9.17) is 11.6 Å². The Morgan fingerprint density at radius 2 is 1.91 bits per heavy atom. The molecule has 1 aromatic carbocycles. The van der Waals surface area contributed by atoms with Crippen LogP contribution in [-0.2, 0) is 0 Å². The van der Waals surface area contributed by atoms with Gasteiger partial charge >= 0.3 is 0 Å². The SMILES string of the molecule is CCC[C@H]1CC[C@H](c2ccc(-c3ccc(Cl)c(F)c3)nc2)CC1. The van der Waals surface area contributed by atoms with Gasteiger partial charge in [-0.3, -0.25) is 4.98 Å². The molecular weight excluding hydrogens is 309 g/mol. The Bertz CT molecular complexity index is 645. The Kier molecular flexibility index (Phi) is 5.32. The molecule has 1 aliphatic carbocycles. The number of benzene rings is 1. The van der Waals surface area contributed by atoms with Gasteiger partial charge in [0.2, 0.25) is 0 Å². The van der Waals surface area contributed by atoms with Crippen molar-refractivity contribution in [1.82, 2.24) is 4.98 Å². The summed E-state index contributed by atoms with van der Waals surface area (Å²) < 4.78 is 13.6. The van der Waals surface area contributed by atoms with E-state index in [0.29, 0.717) is 5.92 Å². The zero-order chi connectivity index (χ0) is 16.2. The second kappa shape index (κ2) is 7.44. The summed E-state index contributed by atoms with van der Waals surface area (Å²) in [6.45, 7) is 2.27. The molecule has 1 aliphatic rings. The number of hydrogen-bond acceptors (Lipinski definition) is 1. The highest BCUT2D eigenvalue weighted by molar-refractivity contribution is 6.30. The molecule has 0 N–H and O–H groups in total. The van der Waals surface area contributed by atoms with Gasteiger partial charge in [-0.1, -0.05) is 43.5 Å². The van der Waals surface area contributed by atoms with E-state index in [9.17, 15) is 4.39 Å². The number of rotatable bonds is 4. The normalized spacial score (nSPS) is 21.3. The fraction of sp³-hybridized carbons (Fsp3) is 0.450. The van der Waals surface area contributed by atoms with E-state index in [1.54, 1.807) is 6.07 Å². The fourth-order valence-corrected chi connectivity index (χ4v) is 3.78. The van der Waals surface area contributed by atoms with Crippen molar-refractivity contribution in [3.63, 3.8) is 0 Å². The number of aromatic nitrogens is 1. The molecule has 3 heteroatoms. The van der Waals surface area contributed by atoms with E-state index in [0.717, 1.165) is 17.2 Å². The van der Waals surface area contributed by atoms with Crippen molar-refractivity contribution < 1.29 is 4.39 Å². The monoisotopic (exact) mass is 331 g/mol. The first-order chi connectivity index (χ1) is 11.2. The first-order valence-corrected chi connectivity index (χ1v) is 8.96. The van der Waals surface area contributed by atoms with Crippen molar-refractivity contribution >= 4 is 11.6 Å². The molecule has 1 nitrogen and oxygen atoms in total. The molecule has 0 unspecified atom stereocenters. The quantitative estimate of drug-likeness (QED) is 0.613. The molecular formula is C20H23ClFN. The Morgan fingerprint density at radius 3 is 2.52 bits per heavy atom. The third-order valence-electron chi connectivity index (χ3n) is 5.02. The predicted molar refractivity (Wildman–Crippen MR) is 94.2 cm³/mol. The standard InChI is InChI=1S/C20H23ClFN/c1-2-3-14-4-6-15(7-5-14)17-9-11-20(23-13-17)16-8-10-18(21)19(22)12-16/h8-15H,2-7H2,1H3/t14-,15-. The van der Waals surface area contributed by atoms with Crippen LogP contribution in [0, 0.1) is 11.7 Å². The van der Waals surface area contributed by atoms with Gasteiger partial charge in [-0.15, -0.1) is 0 Å². The highest BCUT2D eigenvalue weighted by Crippen LogP contribution is 2.37. The molecule has 1 aromatic heterocycles. The summed E-state index contributed by atoms with van der Waals surface area (Å²) >= 11 is 5.73. The van der Waals surface area contributed by atoms with Crippen molar-refractivity contribution in [2.24, 2.45) is 5.92 Å². The summed E-state index contributed by atoms with van der Waals surface area (Å²) in [5.41, 5.74) is 2.88. The molecule has 1 heterocycles. The maximum Gasteiger partial charge on any atom is 0.142 e. The molecule has 0 radical (unpaired) electrons. The summed E-state index contributed by atoms with van der Waals surface area (Å²) in [6.07, 6.45) is 9.83. The molecule has 3 rings (SSSR count). The first kappa shape index (κ1) is 16.4. The van der Waals surface area contributed by atoms with Crippen LogP contribution in [0.5, 0.6) is 0 Å². The molecule has 0 atom stereocenters. The Morgan fingerprint density at radius 1 is 1.13 bits per heavy atom. The van der Waals surface area contributed by atoms with Crippen molar-refractivity contribution in [2.75, 3.05) is 0 Å². The zero-order valence-electron chi connectivity index (χ0n) is 13.6. The lowest BCUT2D eigenvalue weighted by molar-refractivity contribution is 0.308. The topological polar surface area (TPSA) is 12.9 Å². The second-order valence-electron chi connectivity index (χ2n) is 6.61. The van der Waals surface area contributed by atoms with Crippen LogP contribution in [0.3, 0.4) is 0 Å². The molecule has 0 amide bonds. The summed E-state index contributed by atoms with van der Waals surface area (Å²) in [5.74, 6) is 1.15. The van der Waals surface area contributed by atoms with Crippen LogP contribution < -0.4 is 0 Å². The Balaban J connectivity index is 1.69. The van der Waals surface area contributed by atoms with Crippen LogP contribution >= 0.6 is 11.6 Å². The summed E-state index contributed by atoms with van der Waals surface area (Å²) in [5, 5.41) is 0.147. The van der Waals surface area contributed by atoms with Gasteiger partial charge in [0.05, 0.1) is 10.7 Å². The molecule has 0 aliphatic heterocycles. The molecule has 2 aromatic rings. The lowest BCUT2D eigenvalue weighted by atomic mass is 9.77. The maximum absolute atomic E-state index is 13.6. The second-order valence-corrected chi connectivity index (χ2v) is 7.02. The third-order valence-corrected chi connectivity index (χ3v) is 5.32. The van der Waals surface area contributed by atoms with Gasteiger partial charge < -0.3 is 0 Å². The van der Waals surface area contributed by atoms with Crippen molar-refractivity contribution in [3.8, 4) is 11.3 Å². The summed E-state index contributed by atoms with van der Waals surface area (Å²) in [6, 6.07) is 8.98. The van der Waals surface area contributed by atoms with Gasteiger partial charge in [0.15, 0.2) is 0 Å². The van der Waals surface area contributed by atoms with E-state index in [1.165, 1.54) is 50.2 Å². The molecule has 1 saturated carbocycles. The van der Waals surface area contributed by atoms with Gasteiger partial charge in [-0.05, 0) is 61.3 Å². The molecule has 23 heavy (non-hydrogen) atoms. The van der Waals surface area contributed by atoms with E-state index < -0.39 is 5.82 Å². The van der Waals surface area contributed by atoms with Crippen LogP contribution in [0.15, 0.2) is 36.5 Å². The lowest BCUT2D eigenvalue weighted by Gasteiger charge is -2.28. The third kappa shape index (κ3) is 3.92. The summed E-state index contributed by atoms with van der Waals surface area (Å²) in [7, 11) is 0. The van der Waals surface area contributed by atoms with Crippen LogP contribution in [-0.4, -0.2) is 4.98 Å².